The Morgan fingerprint density at radius 2 is 0.375 bits per heavy atom. The Labute approximate surface area is 127 Å². The molecule has 4 radical (unpaired) electrons. The van der Waals surface area contributed by atoms with E-state index in [2.05, 4.69) is 0 Å². The van der Waals surface area contributed by atoms with Crippen molar-refractivity contribution in [2.24, 2.45) is 0 Å². The summed E-state index contributed by atoms with van der Waals surface area (Å²) in [7, 11) is 0. The molecule has 0 rings (SSSR count). The first-order chi connectivity index (χ1) is 0. The van der Waals surface area contributed by atoms with Gasteiger partial charge in [0.15, 0.2) is 0 Å². The third kappa shape index (κ3) is 57.0. The molecule has 0 aliphatic heterocycles. The zero-order chi connectivity index (χ0) is 0. The molecule has 0 aliphatic rings. The van der Waals surface area contributed by atoms with Gasteiger partial charge in [-0.3, -0.25) is 0 Å². The van der Waals surface area contributed by atoms with Gasteiger partial charge in [-0.15, -0.1) is 0 Å². The monoisotopic (exact) mass is 192 g/mol. The molecule has 8 heavy (non-hydrogen) atoms. The van der Waals surface area contributed by atoms with E-state index in [1.165, 1.54) is 0 Å². The summed E-state index contributed by atoms with van der Waals surface area (Å²) in [5.74, 6) is 0. The molecule has 0 spiro atoms. The van der Waals surface area contributed by atoms with Crippen molar-refractivity contribution in [2.75, 3.05) is 0 Å². The predicted molar refractivity (Wildman–Crippen MR) is 31.7 cm³/mol. The molecular weight excluding hydrogens is 184 g/mol. The van der Waals surface area contributed by atoms with Gasteiger partial charge in [0, 0.05) is 107 Å². The fraction of sp³-hybridized carbons (Fsp3) is 0. The summed E-state index contributed by atoms with van der Waals surface area (Å²) in [5, 5.41) is 0. The van der Waals surface area contributed by atoms with Gasteiger partial charge in [0.2, 0.25) is 0 Å². The van der Waals surface area contributed by atoms with Gasteiger partial charge in [0.05, 0.1) is 0 Å². The summed E-state index contributed by atoms with van der Waals surface area (Å²) >= 11 is 0. The van der Waals surface area contributed by atoms with Crippen LogP contribution in [0.15, 0.2) is 0 Å². The maximum absolute atomic E-state index is 0. The Balaban J connectivity index is 0. The minimum atomic E-state index is 0. The van der Waals surface area contributed by atoms with Crippen LogP contribution < -0.4 is 0 Å². The van der Waals surface area contributed by atoms with Gasteiger partial charge in [0.25, 0.3) is 0 Å². The van der Waals surface area contributed by atoms with E-state index < -0.39 is 0 Å². The van der Waals surface area contributed by atoms with Gasteiger partial charge >= 0.3 is 0 Å². The second kappa shape index (κ2) is 79.0. The van der Waals surface area contributed by atoms with E-state index in [0.717, 1.165) is 0 Å². The fourth-order valence-corrected chi connectivity index (χ4v) is 0. The fourth-order valence-electron chi connectivity index (χ4n) is 0. The summed E-state index contributed by atoms with van der Waals surface area (Å²) in [6, 6.07) is 0. The Kier molecular flexibility index (Phi) is 1040. The largest absolute Gasteiger partial charge is 0.412 e. The molecule has 4 nitrogen and oxygen atoms in total. The standard InChI is InChI=1S/3Na.4H2O.V/h;;;4*1H2;. The first-order valence-corrected chi connectivity index (χ1v) is 0. The second-order valence-corrected chi connectivity index (χ2v) is 0. The zero-order valence-corrected chi connectivity index (χ0v) is 12.8. The van der Waals surface area contributed by atoms with Crippen molar-refractivity contribution in [1.29, 1.82) is 0 Å². The molecule has 0 saturated heterocycles. The third-order valence-corrected chi connectivity index (χ3v) is 0. The number of hydrogen-bond donors (Lipinski definition) is 0. The van der Waals surface area contributed by atoms with Crippen LogP contribution in [0.3, 0.4) is 0 Å². The summed E-state index contributed by atoms with van der Waals surface area (Å²) in [5.41, 5.74) is 0. The van der Waals surface area contributed by atoms with Crippen molar-refractivity contribution >= 4 is 88.7 Å². The van der Waals surface area contributed by atoms with Gasteiger partial charge in [0.1, 0.15) is 0 Å². The topological polar surface area (TPSA) is 126 Å². The molecule has 8 N–H and O–H groups in total. The molecule has 0 aromatic heterocycles. The first-order valence-electron chi connectivity index (χ1n) is 0. The van der Waals surface area contributed by atoms with Crippen molar-refractivity contribution < 1.29 is 40.5 Å². The molecule has 0 saturated carbocycles. The van der Waals surface area contributed by atoms with Crippen molar-refractivity contribution in [3.8, 4) is 0 Å². The van der Waals surface area contributed by atoms with Crippen LogP contribution >= 0.6 is 0 Å². The van der Waals surface area contributed by atoms with Crippen LogP contribution in [0.25, 0.3) is 0 Å². The summed E-state index contributed by atoms with van der Waals surface area (Å²) in [4.78, 5) is 0. The van der Waals surface area contributed by atoms with Crippen molar-refractivity contribution in [2.45, 2.75) is 0 Å². The Hall–Kier alpha value is 3.42. The normalized spacial score (nSPS) is 0. The van der Waals surface area contributed by atoms with Crippen LogP contribution in [-0.2, 0) is 18.6 Å². The van der Waals surface area contributed by atoms with E-state index in [0.29, 0.717) is 0 Å². The number of hydrogen-bond acceptors (Lipinski definition) is 0. The van der Waals surface area contributed by atoms with Gasteiger partial charge in [-0.2, -0.15) is 0 Å². The Morgan fingerprint density at radius 3 is 0.375 bits per heavy atom. The van der Waals surface area contributed by atoms with Crippen molar-refractivity contribution in [3.05, 3.63) is 0 Å². The maximum atomic E-state index is 0. The van der Waals surface area contributed by atoms with Crippen molar-refractivity contribution in [1.82, 2.24) is 0 Å². The van der Waals surface area contributed by atoms with Crippen LogP contribution in [0.5, 0.6) is 0 Å². The maximum Gasteiger partial charge on any atom is 0 e. The number of rotatable bonds is 0. The zero-order valence-electron chi connectivity index (χ0n) is 5.45. The van der Waals surface area contributed by atoms with E-state index in [1.54, 1.807) is 0 Å². The minimum Gasteiger partial charge on any atom is -0.412 e. The molecule has 0 aliphatic carbocycles. The van der Waals surface area contributed by atoms with Crippen LogP contribution in [-0.4, -0.2) is 111 Å². The van der Waals surface area contributed by atoms with E-state index >= 15 is 0 Å². The second-order valence-electron chi connectivity index (χ2n) is 0. The van der Waals surface area contributed by atoms with Crippen LogP contribution in [0.4, 0.5) is 0 Å². The first kappa shape index (κ1) is 106. The predicted octanol–water partition coefficient (Wildman–Crippen LogP) is -4.44. The van der Waals surface area contributed by atoms with Crippen LogP contribution in [0.2, 0.25) is 0 Å². The molecule has 0 bridgehead atoms. The SMILES string of the molecule is O.O.O.O.[Na].[Na].[Na].[V]. The molecule has 0 atom stereocenters. The van der Waals surface area contributed by atoms with Crippen LogP contribution in [0, 0.1) is 0 Å². The average Bonchev–Trinajstić information content (AvgIpc) is 0. The third-order valence-electron chi connectivity index (χ3n) is 0. The molecule has 0 amide bonds. The van der Waals surface area contributed by atoms with E-state index in [-0.39, 0.29) is 129 Å². The minimum absolute atomic E-state index is 0. The van der Waals surface area contributed by atoms with E-state index in [4.69, 9.17) is 0 Å². The summed E-state index contributed by atoms with van der Waals surface area (Å²) < 4.78 is 0. The molecule has 0 aromatic rings. The molecule has 0 fully saturated rings. The van der Waals surface area contributed by atoms with Crippen molar-refractivity contribution in [3.63, 3.8) is 0 Å². The van der Waals surface area contributed by atoms with Crippen LogP contribution in [0.1, 0.15) is 0 Å². The Bertz CT molecular complexity index is 11.2. The molecule has 0 aromatic carbocycles. The van der Waals surface area contributed by atoms with Gasteiger partial charge < -0.3 is 21.9 Å². The molecular formula is H8Na3O4V. The Morgan fingerprint density at radius 1 is 0.375 bits per heavy atom. The molecule has 8 heteroatoms. The summed E-state index contributed by atoms with van der Waals surface area (Å²) in [6.45, 7) is 0. The quantitative estimate of drug-likeness (QED) is 0.343. The summed E-state index contributed by atoms with van der Waals surface area (Å²) in [6.07, 6.45) is 0. The molecule has 40 valence electrons. The van der Waals surface area contributed by atoms with Gasteiger partial charge in [-0.05, 0) is 0 Å². The molecule has 0 heterocycles. The van der Waals surface area contributed by atoms with Gasteiger partial charge in [-0.25, -0.2) is 0 Å². The van der Waals surface area contributed by atoms with E-state index in [9.17, 15) is 0 Å². The van der Waals surface area contributed by atoms with Gasteiger partial charge in [-0.1, -0.05) is 0 Å². The van der Waals surface area contributed by atoms with E-state index in [1.807, 2.05) is 0 Å². The molecule has 0 unspecified atom stereocenters. The smallest absolute Gasteiger partial charge is 0 e. The average molecular weight is 192 g/mol.